The number of halogens is 1. The van der Waals surface area contributed by atoms with Crippen LogP contribution >= 0.6 is 15.9 Å². The van der Waals surface area contributed by atoms with Gasteiger partial charge >= 0.3 is 0 Å². The van der Waals surface area contributed by atoms with Crippen LogP contribution in [0.1, 0.15) is 25.3 Å². The summed E-state index contributed by atoms with van der Waals surface area (Å²) in [5.41, 5.74) is 0.940. The molecule has 0 heterocycles. The molecule has 2 rings (SSSR count). The highest BCUT2D eigenvalue weighted by molar-refractivity contribution is 9.10. The summed E-state index contributed by atoms with van der Waals surface area (Å²) < 4.78 is 6.75. The highest BCUT2D eigenvalue weighted by Crippen LogP contribution is 2.31. The van der Waals surface area contributed by atoms with Crippen molar-refractivity contribution in [3.05, 3.63) is 34.3 Å². The van der Waals surface area contributed by atoms with Crippen molar-refractivity contribution < 1.29 is 9.53 Å². The van der Waals surface area contributed by atoms with Crippen LogP contribution in [0, 0.1) is 5.92 Å². The Bertz CT molecular complexity index is 448. The molecule has 0 aromatic heterocycles. The number of benzene rings is 1. The van der Waals surface area contributed by atoms with E-state index >= 15 is 0 Å². The first-order valence-electron chi connectivity index (χ1n) is 5.76. The Kier molecular flexibility index (Phi) is 4.00. The number of rotatable bonds is 5. The standard InChI is InChI=1S/C14H15BrO2/c1-10(16)2-5-12-8-13(15)6-7-14(12)17-9-11-3-4-11/h2,5-8,11H,3-4,9H2,1H3/b5-2+. The van der Waals surface area contributed by atoms with Crippen LogP contribution in [0.5, 0.6) is 5.75 Å². The van der Waals surface area contributed by atoms with E-state index < -0.39 is 0 Å². The van der Waals surface area contributed by atoms with Gasteiger partial charge in [-0.15, -0.1) is 0 Å². The van der Waals surface area contributed by atoms with E-state index in [2.05, 4.69) is 15.9 Å². The predicted octanol–water partition coefficient (Wildman–Crippen LogP) is 3.84. The molecule has 1 aliphatic rings. The molecule has 0 atom stereocenters. The van der Waals surface area contributed by atoms with E-state index in [0.29, 0.717) is 0 Å². The highest BCUT2D eigenvalue weighted by Gasteiger charge is 2.22. The molecule has 1 aromatic rings. The lowest BCUT2D eigenvalue weighted by Crippen LogP contribution is -2.00. The van der Waals surface area contributed by atoms with Crippen molar-refractivity contribution in [1.29, 1.82) is 0 Å². The molecular weight excluding hydrogens is 280 g/mol. The van der Waals surface area contributed by atoms with Gasteiger partial charge in [0.25, 0.3) is 0 Å². The van der Waals surface area contributed by atoms with Gasteiger partial charge in [-0.25, -0.2) is 0 Å². The number of ketones is 1. The van der Waals surface area contributed by atoms with Crippen molar-refractivity contribution in [3.63, 3.8) is 0 Å². The zero-order chi connectivity index (χ0) is 12.3. The second-order valence-electron chi connectivity index (χ2n) is 4.38. The van der Waals surface area contributed by atoms with E-state index in [0.717, 1.165) is 28.3 Å². The summed E-state index contributed by atoms with van der Waals surface area (Å²) >= 11 is 3.42. The van der Waals surface area contributed by atoms with E-state index in [1.807, 2.05) is 18.2 Å². The molecule has 1 aliphatic carbocycles. The molecular formula is C14H15BrO2. The summed E-state index contributed by atoms with van der Waals surface area (Å²) in [5.74, 6) is 1.61. The Hall–Kier alpha value is -1.09. The van der Waals surface area contributed by atoms with Crippen LogP contribution in [0.15, 0.2) is 28.7 Å². The van der Waals surface area contributed by atoms with Gasteiger partial charge in [0.15, 0.2) is 5.78 Å². The lowest BCUT2D eigenvalue weighted by Gasteiger charge is -2.09. The highest BCUT2D eigenvalue weighted by atomic mass is 79.9. The zero-order valence-corrected chi connectivity index (χ0v) is 11.4. The fourth-order valence-corrected chi connectivity index (χ4v) is 1.86. The number of carbonyl (C=O) groups is 1. The van der Waals surface area contributed by atoms with Crippen LogP contribution in [-0.4, -0.2) is 12.4 Å². The smallest absolute Gasteiger partial charge is 0.152 e. The molecule has 1 aromatic carbocycles. The molecule has 90 valence electrons. The topological polar surface area (TPSA) is 26.3 Å². The van der Waals surface area contributed by atoms with Crippen LogP contribution in [0.2, 0.25) is 0 Å². The predicted molar refractivity (Wildman–Crippen MR) is 72.1 cm³/mol. The van der Waals surface area contributed by atoms with Gasteiger partial charge in [0, 0.05) is 10.0 Å². The third-order valence-corrected chi connectivity index (χ3v) is 3.13. The zero-order valence-electron chi connectivity index (χ0n) is 9.78. The molecule has 0 aliphatic heterocycles. The minimum Gasteiger partial charge on any atom is -0.493 e. The fourth-order valence-electron chi connectivity index (χ4n) is 1.48. The number of hydrogen-bond acceptors (Lipinski definition) is 2. The fraction of sp³-hybridized carbons (Fsp3) is 0.357. The summed E-state index contributed by atoms with van der Waals surface area (Å²) in [5, 5.41) is 0. The molecule has 1 saturated carbocycles. The molecule has 0 amide bonds. The average molecular weight is 295 g/mol. The Labute approximate surface area is 110 Å². The van der Waals surface area contributed by atoms with Gasteiger partial charge in [-0.3, -0.25) is 4.79 Å². The van der Waals surface area contributed by atoms with Gasteiger partial charge in [-0.1, -0.05) is 15.9 Å². The molecule has 17 heavy (non-hydrogen) atoms. The average Bonchev–Trinajstić information content (AvgIpc) is 3.09. The van der Waals surface area contributed by atoms with Crippen LogP contribution in [0.25, 0.3) is 6.08 Å². The third kappa shape index (κ3) is 4.00. The van der Waals surface area contributed by atoms with Gasteiger partial charge in [0.2, 0.25) is 0 Å². The van der Waals surface area contributed by atoms with Gasteiger partial charge in [0.1, 0.15) is 5.75 Å². The number of hydrogen-bond donors (Lipinski definition) is 0. The Morgan fingerprint density at radius 1 is 1.53 bits per heavy atom. The van der Waals surface area contributed by atoms with E-state index in [9.17, 15) is 4.79 Å². The van der Waals surface area contributed by atoms with Gasteiger partial charge in [0.05, 0.1) is 6.61 Å². The Morgan fingerprint density at radius 2 is 2.29 bits per heavy atom. The molecule has 2 nitrogen and oxygen atoms in total. The number of carbonyl (C=O) groups excluding carboxylic acids is 1. The van der Waals surface area contributed by atoms with Crippen LogP contribution in [0.3, 0.4) is 0 Å². The first-order valence-corrected chi connectivity index (χ1v) is 6.55. The summed E-state index contributed by atoms with van der Waals surface area (Å²) in [7, 11) is 0. The first-order chi connectivity index (χ1) is 8.15. The molecule has 0 saturated heterocycles. The molecule has 1 fully saturated rings. The molecule has 0 unspecified atom stereocenters. The van der Waals surface area contributed by atoms with Gasteiger partial charge in [-0.05, 0) is 56.0 Å². The maximum Gasteiger partial charge on any atom is 0.152 e. The number of ether oxygens (including phenoxy) is 1. The Balaban J connectivity index is 2.13. The molecule has 3 heteroatoms. The SMILES string of the molecule is CC(=O)/C=C/c1cc(Br)ccc1OCC1CC1. The molecule has 0 bridgehead atoms. The van der Waals surface area contributed by atoms with Crippen LogP contribution in [0.4, 0.5) is 0 Å². The monoisotopic (exact) mass is 294 g/mol. The van der Waals surface area contributed by atoms with E-state index in [4.69, 9.17) is 4.74 Å². The van der Waals surface area contributed by atoms with Crippen molar-refractivity contribution in [2.45, 2.75) is 19.8 Å². The van der Waals surface area contributed by atoms with Crippen molar-refractivity contribution in [3.8, 4) is 5.75 Å². The maximum absolute atomic E-state index is 11.0. The molecule has 0 radical (unpaired) electrons. The van der Waals surface area contributed by atoms with E-state index in [-0.39, 0.29) is 5.78 Å². The minimum absolute atomic E-state index is 0.0399. The van der Waals surface area contributed by atoms with Gasteiger partial charge in [-0.2, -0.15) is 0 Å². The summed E-state index contributed by atoms with van der Waals surface area (Å²) in [4.78, 5) is 11.0. The molecule has 0 spiro atoms. The lowest BCUT2D eigenvalue weighted by molar-refractivity contribution is -0.112. The van der Waals surface area contributed by atoms with E-state index in [1.54, 1.807) is 19.1 Å². The van der Waals surface area contributed by atoms with Crippen LogP contribution < -0.4 is 4.74 Å². The van der Waals surface area contributed by atoms with Crippen LogP contribution in [-0.2, 0) is 4.79 Å². The summed E-state index contributed by atoms with van der Waals surface area (Å²) in [6.07, 6.45) is 5.91. The van der Waals surface area contributed by atoms with Crippen molar-refractivity contribution in [2.24, 2.45) is 5.92 Å². The van der Waals surface area contributed by atoms with Crippen molar-refractivity contribution in [1.82, 2.24) is 0 Å². The molecule has 0 N–H and O–H groups in total. The second kappa shape index (κ2) is 5.50. The summed E-state index contributed by atoms with van der Waals surface area (Å²) in [6.45, 7) is 2.32. The van der Waals surface area contributed by atoms with E-state index in [1.165, 1.54) is 12.8 Å². The summed E-state index contributed by atoms with van der Waals surface area (Å²) in [6, 6.07) is 5.85. The quantitative estimate of drug-likeness (QED) is 0.771. The third-order valence-electron chi connectivity index (χ3n) is 2.64. The van der Waals surface area contributed by atoms with Crippen molar-refractivity contribution in [2.75, 3.05) is 6.61 Å². The first kappa shape index (κ1) is 12.4. The normalized spacial score (nSPS) is 15.2. The second-order valence-corrected chi connectivity index (χ2v) is 5.30. The lowest BCUT2D eigenvalue weighted by atomic mass is 10.1. The number of allylic oxidation sites excluding steroid dienone is 1. The Morgan fingerprint density at radius 3 is 2.94 bits per heavy atom. The van der Waals surface area contributed by atoms with Crippen molar-refractivity contribution >= 4 is 27.8 Å². The maximum atomic E-state index is 11.0. The van der Waals surface area contributed by atoms with Gasteiger partial charge < -0.3 is 4.74 Å². The largest absolute Gasteiger partial charge is 0.493 e. The minimum atomic E-state index is 0.0399.